The highest BCUT2D eigenvalue weighted by Gasteiger charge is 2.16. The Morgan fingerprint density at radius 2 is 1.60 bits per heavy atom. The van der Waals surface area contributed by atoms with Crippen molar-refractivity contribution in [1.29, 1.82) is 0 Å². The average Bonchev–Trinajstić information content (AvgIpc) is 2.75. The third-order valence-electron chi connectivity index (χ3n) is 4.33. The van der Waals surface area contributed by atoms with Crippen LogP contribution in [0, 0.1) is 6.92 Å². The van der Waals surface area contributed by atoms with Crippen LogP contribution in [0.5, 0.6) is 0 Å². The van der Waals surface area contributed by atoms with Crippen molar-refractivity contribution in [3.63, 3.8) is 0 Å². The second kappa shape index (κ2) is 8.79. The Hall–Kier alpha value is -3.65. The lowest BCUT2D eigenvalue weighted by atomic mass is 10.1. The summed E-state index contributed by atoms with van der Waals surface area (Å²) >= 11 is 0. The van der Waals surface area contributed by atoms with Crippen LogP contribution in [0.3, 0.4) is 0 Å². The molecular weight excluding hydrogens is 404 g/mol. The molecule has 0 aliphatic carbocycles. The molecule has 154 valence electrons. The lowest BCUT2D eigenvalue weighted by molar-refractivity contribution is 0.0600. The predicted octanol–water partition coefficient (Wildman–Crippen LogP) is 3.83. The lowest BCUT2D eigenvalue weighted by Gasteiger charge is -2.12. The van der Waals surface area contributed by atoms with Crippen molar-refractivity contribution < 1.29 is 22.7 Å². The molecule has 8 heteroatoms. The summed E-state index contributed by atoms with van der Waals surface area (Å²) in [6.45, 7) is 1.71. The van der Waals surface area contributed by atoms with E-state index in [1.54, 1.807) is 49.4 Å². The summed E-state index contributed by atoms with van der Waals surface area (Å²) in [6.07, 6.45) is 0. The first-order valence-corrected chi connectivity index (χ1v) is 10.5. The van der Waals surface area contributed by atoms with Gasteiger partial charge < -0.3 is 10.1 Å². The molecule has 1 amide bonds. The minimum absolute atomic E-state index is 0.150. The van der Waals surface area contributed by atoms with Crippen LogP contribution in [-0.2, 0) is 14.8 Å². The maximum absolute atomic E-state index is 12.6. The van der Waals surface area contributed by atoms with Crippen LogP contribution < -0.4 is 10.0 Å². The number of carbonyl (C=O) groups excluding carboxylic acids is 2. The monoisotopic (exact) mass is 424 g/mol. The van der Waals surface area contributed by atoms with Gasteiger partial charge in [0.05, 0.1) is 23.3 Å². The summed E-state index contributed by atoms with van der Waals surface area (Å²) in [7, 11) is -2.45. The van der Waals surface area contributed by atoms with Crippen molar-refractivity contribution in [2.45, 2.75) is 11.8 Å². The van der Waals surface area contributed by atoms with Gasteiger partial charge in [-0.3, -0.25) is 9.52 Å². The molecule has 0 spiro atoms. The molecule has 0 unspecified atom stereocenters. The molecule has 0 atom stereocenters. The van der Waals surface area contributed by atoms with E-state index >= 15 is 0 Å². The molecule has 2 N–H and O–H groups in total. The molecule has 0 fully saturated rings. The van der Waals surface area contributed by atoms with Crippen LogP contribution in [0.25, 0.3) is 0 Å². The minimum Gasteiger partial charge on any atom is -0.465 e. The molecule has 0 saturated heterocycles. The number of nitrogens with one attached hydrogen (secondary N) is 2. The maximum atomic E-state index is 12.6. The van der Waals surface area contributed by atoms with E-state index < -0.39 is 21.9 Å². The first-order valence-electron chi connectivity index (χ1n) is 8.98. The lowest BCUT2D eigenvalue weighted by Crippen LogP contribution is -2.15. The van der Waals surface area contributed by atoms with E-state index in [9.17, 15) is 18.0 Å². The van der Waals surface area contributed by atoms with Gasteiger partial charge in [0.1, 0.15) is 0 Å². The Kier molecular flexibility index (Phi) is 6.17. The minimum atomic E-state index is -3.73. The first-order chi connectivity index (χ1) is 14.3. The van der Waals surface area contributed by atoms with Gasteiger partial charge in [-0.25, -0.2) is 13.2 Å². The van der Waals surface area contributed by atoms with E-state index in [-0.39, 0.29) is 4.90 Å². The zero-order valence-electron chi connectivity index (χ0n) is 16.4. The summed E-state index contributed by atoms with van der Waals surface area (Å²) < 4.78 is 32.2. The molecular formula is C22H20N2O5S. The summed E-state index contributed by atoms with van der Waals surface area (Å²) in [5.74, 6) is -0.894. The van der Waals surface area contributed by atoms with Crippen LogP contribution in [0.2, 0.25) is 0 Å². The van der Waals surface area contributed by atoms with Gasteiger partial charge in [0.2, 0.25) is 0 Å². The first kappa shape index (κ1) is 21.1. The SMILES string of the molecule is COC(=O)c1cccc(NC(=O)c2ccc(NS(=O)(=O)c3ccccc3)c(C)c2)c1. The summed E-state index contributed by atoms with van der Waals surface area (Å²) in [5, 5.41) is 2.71. The predicted molar refractivity (Wildman–Crippen MR) is 114 cm³/mol. The van der Waals surface area contributed by atoms with Gasteiger partial charge in [0.25, 0.3) is 15.9 Å². The number of ether oxygens (including phenoxy) is 1. The highest BCUT2D eigenvalue weighted by atomic mass is 32.2. The summed E-state index contributed by atoms with van der Waals surface area (Å²) in [5.41, 5.74) is 2.07. The molecule has 0 bridgehead atoms. The van der Waals surface area contributed by atoms with E-state index in [1.807, 2.05) is 0 Å². The number of aryl methyl sites for hydroxylation is 1. The third kappa shape index (κ3) is 4.84. The quantitative estimate of drug-likeness (QED) is 0.586. The van der Waals surface area contributed by atoms with Gasteiger partial charge in [-0.1, -0.05) is 24.3 Å². The standard InChI is InChI=1S/C22H20N2O5S/c1-15-13-16(21(25)23-18-8-6-7-17(14-18)22(26)29-2)11-12-20(15)24-30(27,28)19-9-4-3-5-10-19/h3-14,24H,1-2H3,(H,23,25). The fourth-order valence-electron chi connectivity index (χ4n) is 2.77. The van der Waals surface area contributed by atoms with Gasteiger partial charge in [-0.15, -0.1) is 0 Å². The number of benzene rings is 3. The van der Waals surface area contributed by atoms with Crippen LogP contribution in [0.15, 0.2) is 77.7 Å². The maximum Gasteiger partial charge on any atom is 0.337 e. The molecule has 0 saturated carbocycles. The molecule has 3 aromatic carbocycles. The molecule has 0 heterocycles. The van der Waals surface area contributed by atoms with E-state index in [2.05, 4.69) is 14.8 Å². The fourth-order valence-corrected chi connectivity index (χ4v) is 3.92. The molecule has 3 rings (SSSR count). The van der Waals surface area contributed by atoms with Crippen molar-refractivity contribution >= 4 is 33.3 Å². The molecule has 7 nitrogen and oxygen atoms in total. The zero-order chi connectivity index (χ0) is 21.7. The molecule has 0 aliphatic heterocycles. The number of sulfonamides is 1. The highest BCUT2D eigenvalue weighted by molar-refractivity contribution is 7.92. The van der Waals surface area contributed by atoms with E-state index in [0.717, 1.165) is 0 Å². The smallest absolute Gasteiger partial charge is 0.337 e. The third-order valence-corrected chi connectivity index (χ3v) is 5.71. The molecule has 3 aromatic rings. The number of carbonyl (C=O) groups is 2. The van der Waals surface area contributed by atoms with Crippen LogP contribution >= 0.6 is 0 Å². The van der Waals surface area contributed by atoms with Crippen molar-refractivity contribution in [3.8, 4) is 0 Å². The number of rotatable bonds is 6. The van der Waals surface area contributed by atoms with Gasteiger partial charge in [0, 0.05) is 11.3 Å². The van der Waals surface area contributed by atoms with Crippen molar-refractivity contribution in [2.24, 2.45) is 0 Å². The number of methoxy groups -OCH3 is 1. The van der Waals surface area contributed by atoms with Crippen LogP contribution in [0.4, 0.5) is 11.4 Å². The van der Waals surface area contributed by atoms with Gasteiger partial charge in [-0.05, 0) is 61.0 Å². The summed E-state index contributed by atoms with van der Waals surface area (Å²) in [6, 6.07) is 19.1. The van der Waals surface area contributed by atoms with Gasteiger partial charge in [-0.2, -0.15) is 0 Å². The largest absolute Gasteiger partial charge is 0.465 e. The molecule has 0 aliphatic rings. The molecule has 0 radical (unpaired) electrons. The number of hydrogen-bond acceptors (Lipinski definition) is 5. The molecule has 30 heavy (non-hydrogen) atoms. The molecule has 0 aromatic heterocycles. The Morgan fingerprint density at radius 1 is 0.867 bits per heavy atom. The fraction of sp³-hybridized carbons (Fsp3) is 0.0909. The Morgan fingerprint density at radius 3 is 2.27 bits per heavy atom. The number of hydrogen-bond donors (Lipinski definition) is 2. The number of esters is 1. The second-order valence-electron chi connectivity index (χ2n) is 6.47. The van der Waals surface area contributed by atoms with Crippen molar-refractivity contribution in [1.82, 2.24) is 0 Å². The zero-order valence-corrected chi connectivity index (χ0v) is 17.2. The average molecular weight is 424 g/mol. The van der Waals surface area contributed by atoms with E-state index in [1.165, 1.54) is 37.4 Å². The second-order valence-corrected chi connectivity index (χ2v) is 8.16. The van der Waals surface area contributed by atoms with E-state index in [0.29, 0.717) is 28.1 Å². The van der Waals surface area contributed by atoms with Gasteiger partial charge >= 0.3 is 5.97 Å². The van der Waals surface area contributed by atoms with E-state index in [4.69, 9.17) is 0 Å². The number of amides is 1. The Labute approximate surface area is 174 Å². The summed E-state index contributed by atoms with van der Waals surface area (Å²) in [4.78, 5) is 24.3. The van der Waals surface area contributed by atoms with Crippen molar-refractivity contribution in [3.05, 3.63) is 89.5 Å². The topological polar surface area (TPSA) is 102 Å². The highest BCUT2D eigenvalue weighted by Crippen LogP contribution is 2.22. The van der Waals surface area contributed by atoms with Crippen LogP contribution in [0.1, 0.15) is 26.3 Å². The Balaban J connectivity index is 1.77. The van der Waals surface area contributed by atoms with Crippen molar-refractivity contribution in [2.75, 3.05) is 17.1 Å². The normalized spacial score (nSPS) is 10.9. The van der Waals surface area contributed by atoms with Gasteiger partial charge in [0.15, 0.2) is 0 Å². The van der Waals surface area contributed by atoms with Crippen LogP contribution in [-0.4, -0.2) is 27.4 Å². The Bertz CT molecular complexity index is 1190. The number of anilines is 2.